The number of ether oxygens (including phenoxy) is 1. The molecule has 0 radical (unpaired) electrons. The van der Waals surface area contributed by atoms with E-state index >= 15 is 0 Å². The second-order valence-corrected chi connectivity index (χ2v) is 5.83. The van der Waals surface area contributed by atoms with E-state index in [9.17, 15) is 0 Å². The van der Waals surface area contributed by atoms with Crippen molar-refractivity contribution in [3.63, 3.8) is 0 Å². The Bertz CT molecular complexity index is 785. The highest BCUT2D eigenvalue weighted by Gasteiger charge is 2.13. The van der Waals surface area contributed by atoms with Gasteiger partial charge < -0.3 is 10.5 Å². The SMILES string of the molecule is COc1ccc(Br)c(C(N)c2ccc3ccccc3c2)c1. The number of hydrogen-bond donors (Lipinski definition) is 1. The molecule has 0 saturated carbocycles. The molecule has 0 amide bonds. The standard InChI is InChI=1S/C18H16BrNO/c1-21-15-8-9-17(19)16(11-15)18(20)14-7-6-12-4-2-3-5-13(12)10-14/h2-11,18H,20H2,1H3. The van der Waals surface area contributed by atoms with Gasteiger partial charge in [0, 0.05) is 4.47 Å². The fourth-order valence-electron chi connectivity index (χ4n) is 2.47. The summed E-state index contributed by atoms with van der Waals surface area (Å²) in [5, 5.41) is 2.42. The fourth-order valence-corrected chi connectivity index (χ4v) is 2.96. The molecule has 3 heteroatoms. The van der Waals surface area contributed by atoms with Crippen molar-refractivity contribution in [2.75, 3.05) is 7.11 Å². The molecule has 0 aliphatic rings. The average molecular weight is 342 g/mol. The Morgan fingerprint density at radius 3 is 2.48 bits per heavy atom. The predicted molar refractivity (Wildman–Crippen MR) is 90.7 cm³/mol. The third kappa shape index (κ3) is 2.80. The van der Waals surface area contributed by atoms with Crippen LogP contribution < -0.4 is 10.5 Å². The van der Waals surface area contributed by atoms with E-state index in [1.807, 2.05) is 30.3 Å². The van der Waals surface area contributed by atoms with Gasteiger partial charge in [0.25, 0.3) is 0 Å². The Labute approximate surface area is 132 Å². The Kier molecular flexibility index (Phi) is 3.95. The summed E-state index contributed by atoms with van der Waals surface area (Å²) in [6.07, 6.45) is 0. The zero-order valence-corrected chi connectivity index (χ0v) is 13.3. The molecule has 3 rings (SSSR count). The van der Waals surface area contributed by atoms with Gasteiger partial charge in [-0.05, 0) is 46.2 Å². The first kappa shape index (κ1) is 14.1. The Balaban J connectivity index is 2.05. The summed E-state index contributed by atoms with van der Waals surface area (Å²) in [4.78, 5) is 0. The smallest absolute Gasteiger partial charge is 0.119 e. The topological polar surface area (TPSA) is 35.2 Å². The molecule has 106 valence electrons. The minimum atomic E-state index is -0.195. The van der Waals surface area contributed by atoms with Gasteiger partial charge in [0.05, 0.1) is 13.2 Å². The molecule has 0 heterocycles. The molecule has 0 bridgehead atoms. The van der Waals surface area contributed by atoms with E-state index in [4.69, 9.17) is 10.5 Å². The zero-order chi connectivity index (χ0) is 14.8. The van der Waals surface area contributed by atoms with E-state index in [0.29, 0.717) is 0 Å². The van der Waals surface area contributed by atoms with Gasteiger partial charge in [-0.15, -0.1) is 0 Å². The van der Waals surface area contributed by atoms with Crippen molar-refractivity contribution in [1.29, 1.82) is 0 Å². The van der Waals surface area contributed by atoms with Gasteiger partial charge in [0.1, 0.15) is 5.75 Å². The molecule has 0 aliphatic heterocycles. The van der Waals surface area contributed by atoms with Crippen LogP contribution in [-0.4, -0.2) is 7.11 Å². The summed E-state index contributed by atoms with van der Waals surface area (Å²) in [5.41, 5.74) is 8.55. The van der Waals surface area contributed by atoms with Crippen LogP contribution in [0.15, 0.2) is 65.1 Å². The molecule has 1 atom stereocenters. The molecule has 0 aromatic heterocycles. The lowest BCUT2D eigenvalue weighted by Crippen LogP contribution is -2.12. The summed E-state index contributed by atoms with van der Waals surface area (Å²) in [6.45, 7) is 0. The monoisotopic (exact) mass is 341 g/mol. The molecule has 0 aliphatic carbocycles. The van der Waals surface area contributed by atoms with Crippen LogP contribution in [0.5, 0.6) is 5.75 Å². The van der Waals surface area contributed by atoms with Gasteiger partial charge in [0.2, 0.25) is 0 Å². The Morgan fingerprint density at radius 2 is 1.71 bits per heavy atom. The van der Waals surface area contributed by atoms with Crippen LogP contribution in [0.4, 0.5) is 0 Å². The molecule has 3 aromatic carbocycles. The third-order valence-corrected chi connectivity index (χ3v) is 4.39. The lowest BCUT2D eigenvalue weighted by Gasteiger charge is -2.16. The number of halogens is 1. The maximum atomic E-state index is 6.45. The van der Waals surface area contributed by atoms with E-state index in [1.165, 1.54) is 10.8 Å². The van der Waals surface area contributed by atoms with Gasteiger partial charge in [0.15, 0.2) is 0 Å². The molecular weight excluding hydrogens is 326 g/mol. The molecule has 0 saturated heterocycles. The van der Waals surface area contributed by atoms with Gasteiger partial charge in [-0.1, -0.05) is 52.3 Å². The van der Waals surface area contributed by atoms with Crippen molar-refractivity contribution in [3.05, 3.63) is 76.3 Å². The summed E-state index contributed by atoms with van der Waals surface area (Å²) in [5.74, 6) is 0.810. The lowest BCUT2D eigenvalue weighted by molar-refractivity contribution is 0.414. The first-order valence-electron chi connectivity index (χ1n) is 6.77. The zero-order valence-electron chi connectivity index (χ0n) is 11.7. The van der Waals surface area contributed by atoms with Crippen molar-refractivity contribution in [1.82, 2.24) is 0 Å². The number of hydrogen-bond acceptors (Lipinski definition) is 2. The molecule has 0 spiro atoms. The maximum Gasteiger partial charge on any atom is 0.119 e. The number of benzene rings is 3. The van der Waals surface area contributed by atoms with Gasteiger partial charge >= 0.3 is 0 Å². The fraction of sp³-hybridized carbons (Fsp3) is 0.111. The second kappa shape index (κ2) is 5.88. The first-order chi connectivity index (χ1) is 10.2. The highest BCUT2D eigenvalue weighted by molar-refractivity contribution is 9.10. The molecule has 1 unspecified atom stereocenters. The van der Waals surface area contributed by atoms with E-state index in [-0.39, 0.29) is 6.04 Å². The molecule has 2 N–H and O–H groups in total. The largest absolute Gasteiger partial charge is 0.497 e. The minimum absolute atomic E-state index is 0.195. The van der Waals surface area contributed by atoms with Crippen LogP contribution in [0.1, 0.15) is 17.2 Å². The Morgan fingerprint density at radius 1 is 0.952 bits per heavy atom. The Hall–Kier alpha value is -1.84. The first-order valence-corrected chi connectivity index (χ1v) is 7.56. The van der Waals surface area contributed by atoms with E-state index in [1.54, 1.807) is 7.11 Å². The summed E-state index contributed by atoms with van der Waals surface area (Å²) < 4.78 is 6.28. The quantitative estimate of drug-likeness (QED) is 0.751. The predicted octanol–water partition coefficient (Wildman–Crippen LogP) is 4.66. The van der Waals surface area contributed by atoms with Crippen molar-refractivity contribution < 1.29 is 4.74 Å². The van der Waals surface area contributed by atoms with Crippen LogP contribution in [0, 0.1) is 0 Å². The van der Waals surface area contributed by atoms with Crippen molar-refractivity contribution in [3.8, 4) is 5.75 Å². The van der Waals surface area contributed by atoms with Crippen molar-refractivity contribution in [2.45, 2.75) is 6.04 Å². The molecule has 21 heavy (non-hydrogen) atoms. The average Bonchev–Trinajstić information content (AvgIpc) is 2.54. The van der Waals surface area contributed by atoms with Gasteiger partial charge in [-0.2, -0.15) is 0 Å². The normalized spacial score (nSPS) is 12.3. The molecule has 3 aromatic rings. The molecule has 0 fully saturated rings. The van der Waals surface area contributed by atoms with Crippen LogP contribution >= 0.6 is 15.9 Å². The van der Waals surface area contributed by atoms with Crippen LogP contribution in [-0.2, 0) is 0 Å². The maximum absolute atomic E-state index is 6.45. The van der Waals surface area contributed by atoms with E-state index in [2.05, 4.69) is 46.3 Å². The summed E-state index contributed by atoms with van der Waals surface area (Å²) in [6, 6.07) is 20.3. The molecule has 2 nitrogen and oxygen atoms in total. The van der Waals surface area contributed by atoms with E-state index in [0.717, 1.165) is 21.3 Å². The third-order valence-electron chi connectivity index (χ3n) is 3.67. The van der Waals surface area contributed by atoms with Crippen molar-refractivity contribution in [2.24, 2.45) is 5.73 Å². The summed E-state index contributed by atoms with van der Waals surface area (Å²) >= 11 is 3.57. The van der Waals surface area contributed by atoms with Crippen LogP contribution in [0.2, 0.25) is 0 Å². The van der Waals surface area contributed by atoms with Gasteiger partial charge in [-0.3, -0.25) is 0 Å². The number of rotatable bonds is 3. The lowest BCUT2D eigenvalue weighted by atomic mass is 9.97. The van der Waals surface area contributed by atoms with Crippen LogP contribution in [0.3, 0.4) is 0 Å². The second-order valence-electron chi connectivity index (χ2n) is 4.97. The highest BCUT2D eigenvalue weighted by atomic mass is 79.9. The highest BCUT2D eigenvalue weighted by Crippen LogP contribution is 2.31. The van der Waals surface area contributed by atoms with Crippen LogP contribution in [0.25, 0.3) is 10.8 Å². The van der Waals surface area contributed by atoms with Crippen molar-refractivity contribution >= 4 is 26.7 Å². The number of methoxy groups -OCH3 is 1. The minimum Gasteiger partial charge on any atom is -0.497 e. The molecular formula is C18H16BrNO. The summed E-state index contributed by atoms with van der Waals surface area (Å²) in [7, 11) is 1.66. The number of nitrogens with two attached hydrogens (primary N) is 1. The van der Waals surface area contributed by atoms with E-state index < -0.39 is 0 Å². The van der Waals surface area contributed by atoms with Gasteiger partial charge in [-0.25, -0.2) is 0 Å². The number of fused-ring (bicyclic) bond motifs is 1.